The highest BCUT2D eigenvalue weighted by Gasteiger charge is 2.14. The van der Waals surface area contributed by atoms with Gasteiger partial charge in [-0.05, 0) is 59.3 Å². The number of hydrogen-bond acceptors (Lipinski definition) is 4. The first kappa shape index (κ1) is 16.4. The maximum Gasteiger partial charge on any atom is 0.251 e. The molecule has 6 nitrogen and oxygen atoms in total. The van der Waals surface area contributed by atoms with Crippen molar-refractivity contribution in [1.29, 1.82) is 0 Å². The molecule has 1 amide bonds. The van der Waals surface area contributed by atoms with Gasteiger partial charge in [-0.1, -0.05) is 29.3 Å². The fourth-order valence-electron chi connectivity index (χ4n) is 2.26. The second kappa shape index (κ2) is 6.98. The van der Waals surface area contributed by atoms with Crippen LogP contribution in [0.3, 0.4) is 0 Å². The summed E-state index contributed by atoms with van der Waals surface area (Å²) in [5.41, 5.74) is 2.11. The van der Waals surface area contributed by atoms with Gasteiger partial charge in [0.05, 0.1) is 11.7 Å². The third-order valence-electron chi connectivity index (χ3n) is 3.52. The maximum atomic E-state index is 12.4. The second-order valence-electron chi connectivity index (χ2n) is 5.16. The van der Waals surface area contributed by atoms with Crippen molar-refractivity contribution >= 4 is 29.1 Å². The maximum absolute atomic E-state index is 12.4. The molecular weight excluding hydrogens is 349 g/mol. The van der Waals surface area contributed by atoms with Crippen LogP contribution in [-0.4, -0.2) is 26.1 Å². The molecule has 0 spiro atoms. The number of aromatic nitrogens is 4. The predicted octanol–water partition coefficient (Wildman–Crippen LogP) is 3.46. The van der Waals surface area contributed by atoms with E-state index >= 15 is 0 Å². The standard InChI is InChI=1S/C16H13Cl2N5O/c1-10(14-7-4-12(17)8-15(14)18)20-16(24)11-2-5-13(6-3-11)23-9-19-21-22-23/h2-10H,1H3,(H,20,24)/t10-/m1/s1. The van der Waals surface area contributed by atoms with Crippen molar-refractivity contribution < 1.29 is 4.79 Å². The summed E-state index contributed by atoms with van der Waals surface area (Å²) in [5, 5.41) is 14.9. The van der Waals surface area contributed by atoms with Crippen LogP contribution >= 0.6 is 23.2 Å². The molecule has 0 bridgehead atoms. The van der Waals surface area contributed by atoms with Crippen LogP contribution < -0.4 is 5.32 Å². The molecule has 1 atom stereocenters. The molecule has 1 heterocycles. The summed E-state index contributed by atoms with van der Waals surface area (Å²) in [6.45, 7) is 1.86. The number of nitrogens with zero attached hydrogens (tertiary/aromatic N) is 4. The number of nitrogens with one attached hydrogen (secondary N) is 1. The molecule has 1 aromatic heterocycles. The monoisotopic (exact) mass is 361 g/mol. The highest BCUT2D eigenvalue weighted by atomic mass is 35.5. The Kier molecular flexibility index (Phi) is 4.78. The van der Waals surface area contributed by atoms with E-state index in [4.69, 9.17) is 23.2 Å². The van der Waals surface area contributed by atoms with Gasteiger partial charge in [-0.2, -0.15) is 0 Å². The van der Waals surface area contributed by atoms with E-state index < -0.39 is 0 Å². The van der Waals surface area contributed by atoms with E-state index in [1.165, 1.54) is 11.0 Å². The Hall–Kier alpha value is -2.44. The third kappa shape index (κ3) is 3.55. The SMILES string of the molecule is C[C@@H](NC(=O)c1ccc(-n2cnnn2)cc1)c1ccc(Cl)cc1Cl. The minimum atomic E-state index is -0.249. The number of amides is 1. The van der Waals surface area contributed by atoms with Crippen LogP contribution in [0.2, 0.25) is 10.0 Å². The Bertz CT molecular complexity index is 849. The normalized spacial score (nSPS) is 12.0. The van der Waals surface area contributed by atoms with Gasteiger partial charge in [0.1, 0.15) is 6.33 Å². The van der Waals surface area contributed by atoms with Crippen LogP contribution in [0.15, 0.2) is 48.8 Å². The van der Waals surface area contributed by atoms with Gasteiger partial charge in [0, 0.05) is 15.6 Å². The van der Waals surface area contributed by atoms with Crippen LogP contribution in [0.1, 0.15) is 28.9 Å². The molecule has 0 fully saturated rings. The average molecular weight is 362 g/mol. The van der Waals surface area contributed by atoms with E-state index in [9.17, 15) is 4.79 Å². The first-order valence-corrected chi connectivity index (χ1v) is 7.89. The number of tetrazole rings is 1. The topological polar surface area (TPSA) is 72.7 Å². The van der Waals surface area contributed by atoms with Crippen LogP contribution in [0, 0.1) is 0 Å². The lowest BCUT2D eigenvalue weighted by Crippen LogP contribution is -2.26. The van der Waals surface area contributed by atoms with Gasteiger partial charge in [0.25, 0.3) is 5.91 Å². The molecule has 122 valence electrons. The van der Waals surface area contributed by atoms with Gasteiger partial charge in [0.15, 0.2) is 0 Å². The summed E-state index contributed by atoms with van der Waals surface area (Å²) in [7, 11) is 0. The molecule has 24 heavy (non-hydrogen) atoms. The fourth-order valence-corrected chi connectivity index (χ4v) is 2.83. The van der Waals surface area contributed by atoms with Crippen LogP contribution in [-0.2, 0) is 0 Å². The number of rotatable bonds is 4. The number of carbonyl (C=O) groups excluding carboxylic acids is 1. The summed E-state index contributed by atoms with van der Waals surface area (Å²) in [5.74, 6) is -0.197. The van der Waals surface area contributed by atoms with E-state index in [0.717, 1.165) is 11.3 Å². The number of halogens is 2. The smallest absolute Gasteiger partial charge is 0.251 e. The van der Waals surface area contributed by atoms with Gasteiger partial charge in [-0.25, -0.2) is 4.68 Å². The molecule has 0 saturated carbocycles. The minimum absolute atomic E-state index is 0.197. The number of benzene rings is 2. The van der Waals surface area contributed by atoms with Crippen LogP contribution in [0.4, 0.5) is 0 Å². The zero-order valence-corrected chi connectivity index (χ0v) is 14.2. The highest BCUT2D eigenvalue weighted by molar-refractivity contribution is 6.35. The summed E-state index contributed by atoms with van der Waals surface area (Å²) in [4.78, 5) is 12.4. The predicted molar refractivity (Wildman–Crippen MR) is 91.5 cm³/mol. The average Bonchev–Trinajstić information content (AvgIpc) is 3.09. The molecule has 0 aliphatic rings. The molecule has 0 aliphatic carbocycles. The van der Waals surface area contributed by atoms with Crippen LogP contribution in [0.5, 0.6) is 0 Å². The fraction of sp³-hybridized carbons (Fsp3) is 0.125. The van der Waals surface area contributed by atoms with Crippen molar-refractivity contribution in [3.63, 3.8) is 0 Å². The lowest BCUT2D eigenvalue weighted by Gasteiger charge is -2.16. The van der Waals surface area contributed by atoms with E-state index in [-0.39, 0.29) is 11.9 Å². The van der Waals surface area contributed by atoms with Crippen LogP contribution in [0.25, 0.3) is 5.69 Å². The molecule has 2 aromatic carbocycles. The lowest BCUT2D eigenvalue weighted by atomic mass is 10.1. The Morgan fingerprint density at radius 2 is 1.92 bits per heavy atom. The Balaban J connectivity index is 1.72. The Morgan fingerprint density at radius 3 is 2.54 bits per heavy atom. The molecule has 1 N–H and O–H groups in total. The van der Waals surface area contributed by atoms with Crippen molar-refractivity contribution in [3.05, 3.63) is 70.0 Å². The number of hydrogen-bond donors (Lipinski definition) is 1. The Labute approximate surface area is 148 Å². The lowest BCUT2D eigenvalue weighted by molar-refractivity contribution is 0.0940. The first-order chi connectivity index (χ1) is 11.5. The molecule has 0 aliphatic heterocycles. The largest absolute Gasteiger partial charge is 0.345 e. The third-order valence-corrected chi connectivity index (χ3v) is 4.08. The summed E-state index contributed by atoms with van der Waals surface area (Å²) in [6, 6.07) is 11.9. The van der Waals surface area contributed by atoms with Crippen molar-refractivity contribution in [2.45, 2.75) is 13.0 Å². The van der Waals surface area contributed by atoms with E-state index in [2.05, 4.69) is 20.8 Å². The molecular formula is C16H13Cl2N5O. The zero-order valence-electron chi connectivity index (χ0n) is 12.6. The van der Waals surface area contributed by atoms with Gasteiger partial charge in [-0.15, -0.1) is 5.10 Å². The highest BCUT2D eigenvalue weighted by Crippen LogP contribution is 2.26. The quantitative estimate of drug-likeness (QED) is 0.772. The van der Waals surface area contributed by atoms with E-state index in [0.29, 0.717) is 15.6 Å². The minimum Gasteiger partial charge on any atom is -0.345 e. The van der Waals surface area contributed by atoms with E-state index in [1.54, 1.807) is 42.5 Å². The molecule has 0 radical (unpaired) electrons. The van der Waals surface area contributed by atoms with E-state index in [1.807, 2.05) is 6.92 Å². The van der Waals surface area contributed by atoms with Gasteiger partial charge in [0.2, 0.25) is 0 Å². The zero-order chi connectivity index (χ0) is 17.1. The molecule has 8 heteroatoms. The van der Waals surface area contributed by atoms with Gasteiger partial charge in [-0.3, -0.25) is 4.79 Å². The first-order valence-electron chi connectivity index (χ1n) is 7.14. The van der Waals surface area contributed by atoms with Gasteiger partial charge < -0.3 is 5.32 Å². The molecule has 0 unspecified atom stereocenters. The number of carbonyl (C=O) groups is 1. The van der Waals surface area contributed by atoms with Crippen molar-refractivity contribution in [3.8, 4) is 5.69 Å². The van der Waals surface area contributed by atoms with Crippen molar-refractivity contribution in [2.24, 2.45) is 0 Å². The summed E-state index contributed by atoms with van der Waals surface area (Å²) in [6.07, 6.45) is 1.49. The molecule has 3 aromatic rings. The summed E-state index contributed by atoms with van der Waals surface area (Å²) < 4.78 is 1.51. The van der Waals surface area contributed by atoms with Gasteiger partial charge >= 0.3 is 0 Å². The Morgan fingerprint density at radius 1 is 1.17 bits per heavy atom. The van der Waals surface area contributed by atoms with Crippen molar-refractivity contribution in [1.82, 2.24) is 25.5 Å². The molecule has 0 saturated heterocycles. The summed E-state index contributed by atoms with van der Waals surface area (Å²) >= 11 is 12.1. The second-order valence-corrected chi connectivity index (χ2v) is 6.01. The molecule has 3 rings (SSSR count). The van der Waals surface area contributed by atoms with Crippen molar-refractivity contribution in [2.75, 3.05) is 0 Å².